The van der Waals surface area contributed by atoms with Gasteiger partial charge in [0.25, 0.3) is 0 Å². The van der Waals surface area contributed by atoms with Gasteiger partial charge in [0.05, 0.1) is 0 Å². The third-order valence-corrected chi connectivity index (χ3v) is 3.72. The van der Waals surface area contributed by atoms with Crippen molar-refractivity contribution in [1.29, 1.82) is 0 Å². The van der Waals surface area contributed by atoms with Crippen LogP contribution in [0.5, 0.6) is 0 Å². The van der Waals surface area contributed by atoms with Crippen LogP contribution in [0.3, 0.4) is 0 Å². The largest absolute Gasteiger partial charge is 0.290 e. The van der Waals surface area contributed by atoms with Gasteiger partial charge < -0.3 is 0 Å². The van der Waals surface area contributed by atoms with Crippen molar-refractivity contribution in [2.45, 2.75) is 44.7 Å². The van der Waals surface area contributed by atoms with Gasteiger partial charge in [0, 0.05) is 18.6 Å². The van der Waals surface area contributed by atoms with E-state index in [1.807, 2.05) is 0 Å². The van der Waals surface area contributed by atoms with E-state index >= 15 is 0 Å². The van der Waals surface area contributed by atoms with Crippen LogP contribution in [0.15, 0.2) is 23.3 Å². The predicted octanol–water partition coefficient (Wildman–Crippen LogP) is 2.50. The lowest BCUT2D eigenvalue weighted by Gasteiger charge is -2.15. The first-order valence-electron chi connectivity index (χ1n) is 5.50. The summed E-state index contributed by atoms with van der Waals surface area (Å²) in [5, 5.41) is 0. The first kappa shape index (κ1) is 7.81. The smallest absolute Gasteiger partial charge is 0.0444 e. The van der Waals surface area contributed by atoms with E-state index in [2.05, 4.69) is 24.0 Å². The molecule has 2 aliphatic heterocycles. The zero-order valence-electron chi connectivity index (χ0n) is 8.29. The van der Waals surface area contributed by atoms with Gasteiger partial charge in [-0.2, -0.15) is 0 Å². The molecule has 3 unspecified atom stereocenters. The van der Waals surface area contributed by atoms with Crippen LogP contribution >= 0.6 is 0 Å². The quantitative estimate of drug-likeness (QED) is 0.511. The highest BCUT2D eigenvalue weighted by Crippen LogP contribution is 2.40. The van der Waals surface area contributed by atoms with Crippen LogP contribution < -0.4 is 0 Å². The molecule has 70 valence electrons. The van der Waals surface area contributed by atoms with Gasteiger partial charge in [-0.1, -0.05) is 12.2 Å². The van der Waals surface area contributed by atoms with Crippen LogP contribution in [0.25, 0.3) is 0 Å². The zero-order chi connectivity index (χ0) is 8.84. The maximum absolute atomic E-state index is 2.64. The summed E-state index contributed by atoms with van der Waals surface area (Å²) in [5.41, 5.74) is 3.43. The summed E-state index contributed by atoms with van der Waals surface area (Å²) in [7, 11) is 0. The summed E-state index contributed by atoms with van der Waals surface area (Å²) in [5.74, 6) is 0. The Labute approximate surface area is 80.1 Å². The van der Waals surface area contributed by atoms with E-state index in [-0.39, 0.29) is 0 Å². The first-order chi connectivity index (χ1) is 6.36. The van der Waals surface area contributed by atoms with E-state index < -0.39 is 0 Å². The first-order valence-corrected chi connectivity index (χ1v) is 5.50. The van der Waals surface area contributed by atoms with Gasteiger partial charge in [-0.05, 0) is 43.8 Å². The lowest BCUT2D eigenvalue weighted by molar-refractivity contribution is 0.406. The molecule has 13 heavy (non-hydrogen) atoms. The third kappa shape index (κ3) is 1.18. The van der Waals surface area contributed by atoms with E-state index in [0.717, 1.165) is 12.1 Å². The minimum absolute atomic E-state index is 0.774. The van der Waals surface area contributed by atoms with E-state index in [1.54, 1.807) is 11.1 Å². The Hall–Kier alpha value is -0.560. The molecule has 1 heteroatoms. The molecule has 0 aromatic carbocycles. The number of hydrogen-bond donors (Lipinski definition) is 0. The molecule has 0 amide bonds. The standard InChI is InChI=1S/C12H17N/c1-9-4-2-5-10-6-3-7-11(10)12-8-13(9)12/h2,5,9,12H,3-4,6-8H2,1H3/b5-2+. The molecule has 0 bridgehead atoms. The van der Waals surface area contributed by atoms with Crippen LogP contribution in [-0.2, 0) is 0 Å². The topological polar surface area (TPSA) is 3.01 Å². The van der Waals surface area contributed by atoms with E-state index in [9.17, 15) is 0 Å². The SMILES string of the molecule is CC1C/C=C/C2=C(CCC2)C2CN12. The van der Waals surface area contributed by atoms with Crippen molar-refractivity contribution in [1.82, 2.24) is 4.90 Å². The van der Waals surface area contributed by atoms with E-state index in [1.165, 1.54) is 32.2 Å². The Balaban J connectivity index is 1.93. The molecule has 1 saturated heterocycles. The van der Waals surface area contributed by atoms with Crippen LogP contribution in [0.1, 0.15) is 32.6 Å². The van der Waals surface area contributed by atoms with Crippen molar-refractivity contribution >= 4 is 0 Å². The third-order valence-electron chi connectivity index (χ3n) is 3.72. The van der Waals surface area contributed by atoms with Crippen molar-refractivity contribution in [3.63, 3.8) is 0 Å². The Morgan fingerprint density at radius 2 is 2.31 bits per heavy atom. The fourth-order valence-electron chi connectivity index (χ4n) is 2.85. The van der Waals surface area contributed by atoms with Gasteiger partial charge in [0.1, 0.15) is 0 Å². The molecule has 2 heterocycles. The number of allylic oxidation sites excluding steroid dienone is 2. The molecule has 0 N–H and O–H groups in total. The fourth-order valence-corrected chi connectivity index (χ4v) is 2.85. The maximum atomic E-state index is 2.64. The van der Waals surface area contributed by atoms with Gasteiger partial charge in [0.15, 0.2) is 0 Å². The number of nitrogens with zero attached hydrogens (tertiary/aromatic N) is 1. The highest BCUT2D eigenvalue weighted by molar-refractivity contribution is 5.37. The highest BCUT2D eigenvalue weighted by atomic mass is 15.3. The molecule has 0 saturated carbocycles. The Kier molecular flexibility index (Phi) is 1.63. The second-order valence-corrected chi connectivity index (χ2v) is 4.60. The summed E-state index contributed by atoms with van der Waals surface area (Å²) in [6, 6.07) is 1.62. The molecule has 0 radical (unpaired) electrons. The maximum Gasteiger partial charge on any atom is 0.0444 e. The van der Waals surface area contributed by atoms with Crippen molar-refractivity contribution in [3.05, 3.63) is 23.3 Å². The Bertz CT molecular complexity index is 287. The van der Waals surface area contributed by atoms with Crippen LogP contribution in [0.2, 0.25) is 0 Å². The van der Waals surface area contributed by atoms with Gasteiger partial charge in [-0.25, -0.2) is 0 Å². The van der Waals surface area contributed by atoms with Crippen molar-refractivity contribution in [2.75, 3.05) is 6.54 Å². The normalized spacial score (nSPS) is 44.8. The van der Waals surface area contributed by atoms with Crippen molar-refractivity contribution in [2.24, 2.45) is 0 Å². The summed E-state index contributed by atoms with van der Waals surface area (Å²) in [6.45, 7) is 3.69. The molecule has 3 aliphatic rings. The highest BCUT2D eigenvalue weighted by Gasteiger charge is 2.41. The van der Waals surface area contributed by atoms with Gasteiger partial charge in [-0.3, -0.25) is 4.90 Å². The van der Waals surface area contributed by atoms with Crippen LogP contribution in [0.4, 0.5) is 0 Å². The minimum Gasteiger partial charge on any atom is -0.290 e. The van der Waals surface area contributed by atoms with E-state index in [0.29, 0.717) is 0 Å². The Morgan fingerprint density at radius 3 is 3.23 bits per heavy atom. The van der Waals surface area contributed by atoms with Gasteiger partial charge in [0.2, 0.25) is 0 Å². The summed E-state index contributed by atoms with van der Waals surface area (Å²) >= 11 is 0. The predicted molar refractivity (Wildman–Crippen MR) is 54.6 cm³/mol. The number of rotatable bonds is 0. The number of hydrogen-bond acceptors (Lipinski definition) is 1. The van der Waals surface area contributed by atoms with Crippen molar-refractivity contribution in [3.8, 4) is 0 Å². The van der Waals surface area contributed by atoms with Gasteiger partial charge >= 0.3 is 0 Å². The van der Waals surface area contributed by atoms with Crippen molar-refractivity contribution < 1.29 is 0 Å². The Morgan fingerprint density at radius 1 is 1.38 bits per heavy atom. The minimum atomic E-state index is 0.774. The second kappa shape index (κ2) is 2.71. The van der Waals surface area contributed by atoms with Crippen LogP contribution in [-0.4, -0.2) is 23.5 Å². The molecule has 0 aromatic heterocycles. The summed E-state index contributed by atoms with van der Waals surface area (Å²) in [4.78, 5) is 2.64. The molecule has 3 atom stereocenters. The molecule has 3 rings (SSSR count). The second-order valence-electron chi connectivity index (χ2n) is 4.60. The molecular formula is C12H17N. The van der Waals surface area contributed by atoms with Crippen LogP contribution in [0, 0.1) is 0 Å². The number of fused-ring (bicyclic) bond motifs is 2. The average molecular weight is 175 g/mol. The monoisotopic (exact) mass is 175 g/mol. The molecule has 1 nitrogen and oxygen atoms in total. The molecule has 0 aromatic rings. The zero-order valence-corrected chi connectivity index (χ0v) is 8.29. The van der Waals surface area contributed by atoms with Gasteiger partial charge in [-0.15, -0.1) is 0 Å². The van der Waals surface area contributed by atoms with E-state index in [4.69, 9.17) is 0 Å². The lowest BCUT2D eigenvalue weighted by Crippen LogP contribution is -2.17. The molecule has 1 aliphatic carbocycles. The molecule has 0 spiro atoms. The molecule has 1 fully saturated rings. The molecular weight excluding hydrogens is 158 g/mol. The summed E-state index contributed by atoms with van der Waals surface area (Å²) < 4.78 is 0. The fraction of sp³-hybridized carbons (Fsp3) is 0.667. The summed E-state index contributed by atoms with van der Waals surface area (Å²) in [6.07, 6.45) is 10.1. The average Bonchev–Trinajstić information content (AvgIpc) is 2.77. The lowest BCUT2D eigenvalue weighted by atomic mass is 10.0.